The van der Waals surface area contributed by atoms with Crippen LogP contribution in [0.4, 0.5) is 5.82 Å². The maximum absolute atomic E-state index is 5.69. The van der Waals surface area contributed by atoms with E-state index in [0.29, 0.717) is 5.82 Å². The Morgan fingerprint density at radius 3 is 2.33 bits per heavy atom. The minimum absolute atomic E-state index is 0.555. The zero-order valence-corrected chi connectivity index (χ0v) is 11.2. The summed E-state index contributed by atoms with van der Waals surface area (Å²) >= 11 is 0. The zero-order chi connectivity index (χ0) is 13.3. The van der Waals surface area contributed by atoms with E-state index in [9.17, 15) is 0 Å². The number of methoxy groups -OCH3 is 1. The second-order valence-electron chi connectivity index (χ2n) is 4.51. The van der Waals surface area contributed by atoms with E-state index in [0.717, 1.165) is 22.6 Å². The molecule has 2 aromatic rings. The monoisotopic (exact) mass is 242 g/mol. The summed E-state index contributed by atoms with van der Waals surface area (Å²) in [4.78, 5) is 4.31. The molecule has 2 N–H and O–H groups in total. The van der Waals surface area contributed by atoms with Crippen molar-refractivity contribution in [3.05, 3.63) is 41.1 Å². The summed E-state index contributed by atoms with van der Waals surface area (Å²) in [6.45, 7) is 6.10. The van der Waals surface area contributed by atoms with Crippen LogP contribution in [0.15, 0.2) is 24.3 Å². The predicted molar refractivity (Wildman–Crippen MR) is 74.8 cm³/mol. The Morgan fingerprint density at radius 1 is 1.00 bits per heavy atom. The molecule has 0 bridgehead atoms. The van der Waals surface area contributed by atoms with Crippen LogP contribution in [0.3, 0.4) is 0 Å². The Hall–Kier alpha value is -2.03. The number of nitrogen functional groups attached to an aromatic ring is 1. The first-order valence-corrected chi connectivity index (χ1v) is 5.91. The van der Waals surface area contributed by atoms with Crippen molar-refractivity contribution in [1.82, 2.24) is 4.98 Å². The highest BCUT2D eigenvalue weighted by Crippen LogP contribution is 2.31. The van der Waals surface area contributed by atoms with E-state index in [4.69, 9.17) is 10.5 Å². The maximum Gasteiger partial charge on any atom is 0.123 e. The highest BCUT2D eigenvalue weighted by molar-refractivity contribution is 5.72. The number of nitrogens with two attached hydrogens (primary N) is 1. The quantitative estimate of drug-likeness (QED) is 0.879. The number of ether oxygens (including phenoxy) is 1. The lowest BCUT2D eigenvalue weighted by Crippen LogP contribution is -1.96. The van der Waals surface area contributed by atoms with Gasteiger partial charge >= 0.3 is 0 Å². The SMILES string of the molecule is COc1cc(C)c(-c2ccc(N)nc2C)cc1C. The van der Waals surface area contributed by atoms with Gasteiger partial charge in [-0.25, -0.2) is 4.98 Å². The summed E-state index contributed by atoms with van der Waals surface area (Å²) in [6, 6.07) is 8.04. The summed E-state index contributed by atoms with van der Waals surface area (Å²) in [6.07, 6.45) is 0. The molecule has 0 saturated carbocycles. The van der Waals surface area contributed by atoms with Gasteiger partial charge in [0.2, 0.25) is 0 Å². The molecule has 1 heterocycles. The summed E-state index contributed by atoms with van der Waals surface area (Å²) in [5.74, 6) is 1.47. The average molecular weight is 242 g/mol. The molecular formula is C15H18N2O. The number of anilines is 1. The molecule has 0 unspecified atom stereocenters. The Bertz CT molecular complexity index is 591. The first-order chi connectivity index (χ1) is 8.52. The van der Waals surface area contributed by atoms with Crippen molar-refractivity contribution in [3.63, 3.8) is 0 Å². The van der Waals surface area contributed by atoms with E-state index in [-0.39, 0.29) is 0 Å². The van der Waals surface area contributed by atoms with Crippen LogP contribution < -0.4 is 10.5 Å². The first-order valence-electron chi connectivity index (χ1n) is 5.91. The normalized spacial score (nSPS) is 10.4. The number of hydrogen-bond donors (Lipinski definition) is 1. The van der Waals surface area contributed by atoms with Crippen LogP contribution in [0, 0.1) is 20.8 Å². The molecule has 18 heavy (non-hydrogen) atoms. The molecule has 0 aliphatic rings. The molecule has 94 valence electrons. The smallest absolute Gasteiger partial charge is 0.123 e. The van der Waals surface area contributed by atoms with Crippen molar-refractivity contribution < 1.29 is 4.74 Å². The van der Waals surface area contributed by atoms with E-state index < -0.39 is 0 Å². The zero-order valence-electron chi connectivity index (χ0n) is 11.2. The largest absolute Gasteiger partial charge is 0.496 e. The predicted octanol–water partition coefficient (Wildman–Crippen LogP) is 3.26. The standard InChI is InChI=1S/C15H18N2O/c1-9-8-14(18-4)10(2)7-13(9)12-5-6-15(16)17-11(12)3/h5-8H,1-4H3,(H2,16,17). The number of rotatable bonds is 2. The Morgan fingerprint density at radius 2 is 1.72 bits per heavy atom. The highest BCUT2D eigenvalue weighted by Gasteiger charge is 2.09. The van der Waals surface area contributed by atoms with Crippen molar-refractivity contribution in [1.29, 1.82) is 0 Å². The molecular weight excluding hydrogens is 224 g/mol. The topological polar surface area (TPSA) is 48.1 Å². The molecule has 1 aromatic heterocycles. The van der Waals surface area contributed by atoms with Crippen LogP contribution in [0.5, 0.6) is 5.75 Å². The summed E-state index contributed by atoms with van der Waals surface area (Å²) < 4.78 is 5.33. The molecule has 3 nitrogen and oxygen atoms in total. The molecule has 0 aliphatic carbocycles. The summed E-state index contributed by atoms with van der Waals surface area (Å²) in [5, 5.41) is 0. The minimum atomic E-state index is 0.555. The number of benzene rings is 1. The molecule has 0 amide bonds. The third-order valence-electron chi connectivity index (χ3n) is 3.14. The van der Waals surface area contributed by atoms with Crippen molar-refractivity contribution in [2.75, 3.05) is 12.8 Å². The Labute approximate surface area is 108 Å². The lowest BCUT2D eigenvalue weighted by molar-refractivity contribution is 0.411. The van der Waals surface area contributed by atoms with E-state index in [1.165, 1.54) is 11.1 Å². The van der Waals surface area contributed by atoms with Gasteiger partial charge in [0, 0.05) is 11.3 Å². The molecule has 1 aromatic carbocycles. The van der Waals surface area contributed by atoms with Gasteiger partial charge in [0.1, 0.15) is 11.6 Å². The van der Waals surface area contributed by atoms with Crippen LogP contribution in [0.1, 0.15) is 16.8 Å². The van der Waals surface area contributed by atoms with Crippen molar-refractivity contribution in [3.8, 4) is 16.9 Å². The molecule has 0 spiro atoms. The van der Waals surface area contributed by atoms with Gasteiger partial charge in [-0.2, -0.15) is 0 Å². The Balaban J connectivity index is 2.60. The van der Waals surface area contributed by atoms with E-state index in [1.54, 1.807) is 7.11 Å². The van der Waals surface area contributed by atoms with E-state index in [2.05, 4.69) is 24.0 Å². The van der Waals surface area contributed by atoms with Gasteiger partial charge in [-0.05, 0) is 61.7 Å². The average Bonchev–Trinajstić information content (AvgIpc) is 2.32. The number of aryl methyl sites for hydroxylation is 3. The molecule has 0 saturated heterocycles. The van der Waals surface area contributed by atoms with Gasteiger partial charge in [-0.15, -0.1) is 0 Å². The number of pyridine rings is 1. The molecule has 0 atom stereocenters. The van der Waals surface area contributed by atoms with Gasteiger partial charge in [-0.1, -0.05) is 0 Å². The molecule has 0 fully saturated rings. The molecule has 0 aliphatic heterocycles. The lowest BCUT2D eigenvalue weighted by atomic mass is 9.97. The van der Waals surface area contributed by atoms with Crippen LogP contribution in [-0.4, -0.2) is 12.1 Å². The molecule has 0 radical (unpaired) electrons. The fourth-order valence-corrected chi connectivity index (χ4v) is 2.16. The van der Waals surface area contributed by atoms with Crippen LogP contribution in [-0.2, 0) is 0 Å². The van der Waals surface area contributed by atoms with Crippen LogP contribution in [0.2, 0.25) is 0 Å². The third kappa shape index (κ3) is 2.16. The van der Waals surface area contributed by atoms with Crippen molar-refractivity contribution in [2.24, 2.45) is 0 Å². The Kier molecular flexibility index (Phi) is 3.24. The second-order valence-corrected chi connectivity index (χ2v) is 4.51. The van der Waals surface area contributed by atoms with Gasteiger partial charge in [-0.3, -0.25) is 0 Å². The van der Waals surface area contributed by atoms with E-state index in [1.807, 2.05) is 26.0 Å². The van der Waals surface area contributed by atoms with Gasteiger partial charge in [0.15, 0.2) is 0 Å². The lowest BCUT2D eigenvalue weighted by Gasteiger charge is -2.13. The fraction of sp³-hybridized carbons (Fsp3) is 0.267. The first kappa shape index (κ1) is 12.4. The molecule has 2 rings (SSSR count). The van der Waals surface area contributed by atoms with E-state index >= 15 is 0 Å². The minimum Gasteiger partial charge on any atom is -0.496 e. The van der Waals surface area contributed by atoms with Crippen LogP contribution >= 0.6 is 0 Å². The maximum atomic E-state index is 5.69. The van der Waals surface area contributed by atoms with Gasteiger partial charge in [0.05, 0.1) is 7.11 Å². The highest BCUT2D eigenvalue weighted by atomic mass is 16.5. The fourth-order valence-electron chi connectivity index (χ4n) is 2.16. The third-order valence-corrected chi connectivity index (χ3v) is 3.14. The molecule has 3 heteroatoms. The summed E-state index contributed by atoms with van der Waals surface area (Å²) in [5.41, 5.74) is 11.2. The number of aromatic nitrogens is 1. The number of nitrogens with zero attached hydrogens (tertiary/aromatic N) is 1. The summed E-state index contributed by atoms with van der Waals surface area (Å²) in [7, 11) is 1.69. The van der Waals surface area contributed by atoms with Crippen molar-refractivity contribution in [2.45, 2.75) is 20.8 Å². The van der Waals surface area contributed by atoms with Gasteiger partial charge in [0.25, 0.3) is 0 Å². The van der Waals surface area contributed by atoms with Gasteiger partial charge < -0.3 is 10.5 Å². The number of hydrogen-bond acceptors (Lipinski definition) is 3. The van der Waals surface area contributed by atoms with Crippen LogP contribution in [0.25, 0.3) is 11.1 Å². The van der Waals surface area contributed by atoms with Crippen molar-refractivity contribution >= 4 is 5.82 Å². The second kappa shape index (κ2) is 4.69.